The predicted molar refractivity (Wildman–Crippen MR) is 85.7 cm³/mol. The van der Waals surface area contributed by atoms with Gasteiger partial charge in [0.15, 0.2) is 0 Å². The van der Waals surface area contributed by atoms with E-state index in [1.807, 2.05) is 0 Å². The molecule has 1 atom stereocenters. The minimum Gasteiger partial charge on any atom is -0.381 e. The number of carbonyl (C=O) groups is 2. The third-order valence-corrected chi connectivity index (χ3v) is 4.31. The zero-order valence-corrected chi connectivity index (χ0v) is 13.0. The fourth-order valence-electron chi connectivity index (χ4n) is 2.63. The van der Waals surface area contributed by atoms with Gasteiger partial charge in [0.1, 0.15) is 5.82 Å². The lowest BCUT2D eigenvalue weighted by atomic mass is 9.92. The Hall–Kier alpha value is -1.99. The molecule has 1 aliphatic carbocycles. The van der Waals surface area contributed by atoms with Crippen LogP contribution in [0.2, 0.25) is 0 Å². The number of aromatic nitrogens is 1. The molecular formula is C16H22N4O3. The van der Waals surface area contributed by atoms with Gasteiger partial charge in [0.05, 0.1) is 17.9 Å². The summed E-state index contributed by atoms with van der Waals surface area (Å²) in [6, 6.07) is 2.84. The average Bonchev–Trinajstić information content (AvgIpc) is 3.42. The summed E-state index contributed by atoms with van der Waals surface area (Å²) in [4.78, 5) is 28.0. The van der Waals surface area contributed by atoms with Gasteiger partial charge in [0.2, 0.25) is 11.8 Å². The first-order valence-corrected chi connectivity index (χ1v) is 8.04. The summed E-state index contributed by atoms with van der Waals surface area (Å²) in [6.45, 7) is 1.31. The number of pyridine rings is 1. The standard InChI is InChI=1S/C16H22N4O3/c17-14(10-5-7-23-8-6-10)16(22)19-12-3-4-13(18-9-12)20-15(21)11-1-2-11/h3-4,9-11,14H,1-2,5-8,17H2,(H,19,22)(H,18,20,21). The molecule has 2 amide bonds. The molecule has 1 unspecified atom stereocenters. The molecule has 1 aromatic rings. The van der Waals surface area contributed by atoms with Crippen LogP contribution in [0.25, 0.3) is 0 Å². The number of carbonyl (C=O) groups excluding carboxylic acids is 2. The van der Waals surface area contributed by atoms with Gasteiger partial charge in [-0.05, 0) is 43.7 Å². The Balaban J connectivity index is 1.52. The van der Waals surface area contributed by atoms with Crippen LogP contribution in [0.15, 0.2) is 18.3 Å². The van der Waals surface area contributed by atoms with Gasteiger partial charge in [-0.1, -0.05) is 0 Å². The van der Waals surface area contributed by atoms with Crippen LogP contribution in [0.5, 0.6) is 0 Å². The highest BCUT2D eigenvalue weighted by atomic mass is 16.5. The minimum atomic E-state index is -0.548. The zero-order chi connectivity index (χ0) is 16.2. The Morgan fingerprint density at radius 1 is 1.17 bits per heavy atom. The number of nitrogens with zero attached hydrogens (tertiary/aromatic N) is 1. The van der Waals surface area contributed by atoms with Crippen molar-refractivity contribution in [3.8, 4) is 0 Å². The minimum absolute atomic E-state index is 0.0100. The number of ether oxygens (including phenoxy) is 1. The summed E-state index contributed by atoms with van der Waals surface area (Å²) in [5.74, 6) is 0.570. The Labute approximate surface area is 135 Å². The van der Waals surface area contributed by atoms with Crippen LogP contribution in [0, 0.1) is 11.8 Å². The number of rotatable bonds is 5. The highest BCUT2D eigenvalue weighted by Crippen LogP contribution is 2.30. The van der Waals surface area contributed by atoms with Crippen molar-refractivity contribution in [2.45, 2.75) is 31.7 Å². The van der Waals surface area contributed by atoms with E-state index in [9.17, 15) is 9.59 Å². The fraction of sp³-hybridized carbons (Fsp3) is 0.562. The molecule has 0 bridgehead atoms. The first-order valence-electron chi connectivity index (χ1n) is 8.04. The third-order valence-electron chi connectivity index (χ3n) is 4.31. The quantitative estimate of drug-likeness (QED) is 0.754. The summed E-state index contributed by atoms with van der Waals surface area (Å²) >= 11 is 0. The smallest absolute Gasteiger partial charge is 0.241 e. The maximum atomic E-state index is 12.2. The predicted octanol–water partition coefficient (Wildman–Crippen LogP) is 1.12. The summed E-state index contributed by atoms with van der Waals surface area (Å²) in [7, 11) is 0. The van der Waals surface area contributed by atoms with Crippen molar-refractivity contribution in [2.75, 3.05) is 23.8 Å². The van der Waals surface area contributed by atoms with Gasteiger partial charge >= 0.3 is 0 Å². The third kappa shape index (κ3) is 4.27. The SMILES string of the molecule is NC(C(=O)Nc1ccc(NC(=O)C2CC2)nc1)C1CCOCC1. The molecule has 0 radical (unpaired) electrons. The van der Waals surface area contributed by atoms with Crippen molar-refractivity contribution in [1.29, 1.82) is 0 Å². The molecule has 3 rings (SSSR count). The van der Waals surface area contributed by atoms with E-state index in [-0.39, 0.29) is 23.7 Å². The summed E-state index contributed by atoms with van der Waals surface area (Å²) in [5, 5.41) is 5.53. The van der Waals surface area contributed by atoms with Crippen molar-refractivity contribution >= 4 is 23.3 Å². The summed E-state index contributed by atoms with van der Waals surface area (Å²) < 4.78 is 5.28. The number of nitrogens with two attached hydrogens (primary N) is 1. The summed E-state index contributed by atoms with van der Waals surface area (Å²) in [6.07, 6.45) is 5.03. The average molecular weight is 318 g/mol. The van der Waals surface area contributed by atoms with Crippen LogP contribution in [0.1, 0.15) is 25.7 Å². The van der Waals surface area contributed by atoms with Gasteiger partial charge in [-0.3, -0.25) is 9.59 Å². The topological polar surface area (TPSA) is 106 Å². The van der Waals surface area contributed by atoms with Gasteiger partial charge in [-0.25, -0.2) is 4.98 Å². The zero-order valence-electron chi connectivity index (χ0n) is 13.0. The number of nitrogens with one attached hydrogen (secondary N) is 2. The van der Waals surface area contributed by atoms with Gasteiger partial charge < -0.3 is 21.1 Å². The molecule has 2 heterocycles. The first kappa shape index (κ1) is 15.9. The lowest BCUT2D eigenvalue weighted by Gasteiger charge is -2.26. The number of amides is 2. The van der Waals surface area contributed by atoms with Crippen LogP contribution in [0.3, 0.4) is 0 Å². The molecule has 7 nitrogen and oxygen atoms in total. The highest BCUT2D eigenvalue weighted by molar-refractivity contribution is 5.95. The van der Waals surface area contributed by atoms with E-state index in [0.29, 0.717) is 24.7 Å². The molecule has 0 aromatic carbocycles. The molecule has 124 valence electrons. The second-order valence-corrected chi connectivity index (χ2v) is 6.16. The van der Waals surface area contributed by atoms with Crippen LogP contribution in [0.4, 0.5) is 11.5 Å². The van der Waals surface area contributed by atoms with Gasteiger partial charge in [0, 0.05) is 19.1 Å². The lowest BCUT2D eigenvalue weighted by Crippen LogP contribution is -2.44. The Morgan fingerprint density at radius 2 is 1.91 bits per heavy atom. The van der Waals surface area contributed by atoms with Crippen LogP contribution >= 0.6 is 0 Å². The first-order chi connectivity index (χ1) is 11.1. The van der Waals surface area contributed by atoms with E-state index in [4.69, 9.17) is 10.5 Å². The molecule has 0 spiro atoms. The highest BCUT2D eigenvalue weighted by Gasteiger charge is 2.30. The van der Waals surface area contributed by atoms with E-state index >= 15 is 0 Å². The lowest BCUT2D eigenvalue weighted by molar-refractivity contribution is -0.119. The van der Waals surface area contributed by atoms with Crippen molar-refractivity contribution in [1.82, 2.24) is 4.98 Å². The Bertz CT molecular complexity index is 565. The van der Waals surface area contributed by atoms with Crippen LogP contribution < -0.4 is 16.4 Å². The van der Waals surface area contributed by atoms with E-state index in [0.717, 1.165) is 25.7 Å². The van der Waals surface area contributed by atoms with Crippen molar-refractivity contribution < 1.29 is 14.3 Å². The normalized spacial score (nSPS) is 19.9. The Morgan fingerprint density at radius 3 is 2.52 bits per heavy atom. The van der Waals surface area contributed by atoms with Gasteiger partial charge in [-0.15, -0.1) is 0 Å². The van der Waals surface area contributed by atoms with E-state index < -0.39 is 6.04 Å². The van der Waals surface area contributed by atoms with Crippen molar-refractivity contribution in [2.24, 2.45) is 17.6 Å². The maximum Gasteiger partial charge on any atom is 0.241 e. The van der Waals surface area contributed by atoms with E-state index in [1.54, 1.807) is 12.1 Å². The molecule has 1 aromatic heterocycles. The second-order valence-electron chi connectivity index (χ2n) is 6.16. The van der Waals surface area contributed by atoms with Gasteiger partial charge in [0.25, 0.3) is 0 Å². The second kappa shape index (κ2) is 7.06. The maximum absolute atomic E-state index is 12.2. The van der Waals surface area contributed by atoms with Crippen LogP contribution in [-0.2, 0) is 14.3 Å². The number of hydrogen-bond donors (Lipinski definition) is 3. The molecule has 1 saturated carbocycles. The van der Waals surface area contributed by atoms with Crippen molar-refractivity contribution in [3.05, 3.63) is 18.3 Å². The molecule has 2 fully saturated rings. The van der Waals surface area contributed by atoms with Crippen molar-refractivity contribution in [3.63, 3.8) is 0 Å². The van der Waals surface area contributed by atoms with Gasteiger partial charge in [-0.2, -0.15) is 0 Å². The molecular weight excluding hydrogens is 296 g/mol. The molecule has 1 saturated heterocycles. The monoisotopic (exact) mass is 318 g/mol. The molecule has 23 heavy (non-hydrogen) atoms. The summed E-state index contributed by atoms with van der Waals surface area (Å²) in [5.41, 5.74) is 6.60. The largest absolute Gasteiger partial charge is 0.381 e. The Kier molecular flexibility index (Phi) is 4.88. The number of anilines is 2. The molecule has 4 N–H and O–H groups in total. The molecule has 7 heteroatoms. The molecule has 2 aliphatic rings. The van der Waals surface area contributed by atoms with E-state index in [2.05, 4.69) is 15.6 Å². The fourth-order valence-corrected chi connectivity index (χ4v) is 2.63. The van der Waals surface area contributed by atoms with Crippen LogP contribution in [-0.4, -0.2) is 36.1 Å². The molecule has 1 aliphatic heterocycles. The van der Waals surface area contributed by atoms with E-state index in [1.165, 1.54) is 6.20 Å². The number of hydrogen-bond acceptors (Lipinski definition) is 5.